The molecule has 0 radical (unpaired) electrons. The first-order valence-electron chi connectivity index (χ1n) is 6.75. The van der Waals surface area contributed by atoms with Gasteiger partial charge in [-0.1, -0.05) is 12.8 Å². The Morgan fingerprint density at radius 2 is 1.65 bits per heavy atom. The predicted molar refractivity (Wildman–Crippen MR) is 69.2 cm³/mol. The molecule has 0 spiro atoms. The van der Waals surface area contributed by atoms with Crippen LogP contribution in [0.15, 0.2) is 0 Å². The molecule has 0 amide bonds. The predicted octanol–water partition coefficient (Wildman–Crippen LogP) is 1.93. The molecule has 2 aliphatic rings. The quantitative estimate of drug-likeness (QED) is 0.804. The molecule has 0 bridgehead atoms. The smallest absolute Gasteiger partial charge is 0.227 e. The van der Waals surface area contributed by atoms with E-state index in [9.17, 15) is 0 Å². The van der Waals surface area contributed by atoms with Gasteiger partial charge in [0, 0.05) is 18.7 Å². The molecule has 3 rings (SSSR count). The SMILES string of the molecule is Nc1nc(N2CCCCCC2)nc2c1CCC2. The summed E-state index contributed by atoms with van der Waals surface area (Å²) in [7, 11) is 0. The summed E-state index contributed by atoms with van der Waals surface area (Å²) in [4.78, 5) is 11.5. The number of nitrogens with zero attached hydrogens (tertiary/aromatic N) is 3. The van der Waals surface area contributed by atoms with Gasteiger partial charge >= 0.3 is 0 Å². The Labute approximate surface area is 102 Å². The Kier molecular flexibility index (Phi) is 2.87. The highest BCUT2D eigenvalue weighted by atomic mass is 15.3. The fraction of sp³-hybridized carbons (Fsp3) is 0.692. The van der Waals surface area contributed by atoms with Crippen LogP contribution in [-0.2, 0) is 12.8 Å². The van der Waals surface area contributed by atoms with Crippen LogP contribution in [-0.4, -0.2) is 23.1 Å². The summed E-state index contributed by atoms with van der Waals surface area (Å²) < 4.78 is 0. The van der Waals surface area contributed by atoms with Crippen molar-refractivity contribution in [1.82, 2.24) is 9.97 Å². The standard InChI is InChI=1S/C13H20N4/c14-12-10-6-5-7-11(10)15-13(16-12)17-8-3-1-2-4-9-17/h1-9H2,(H2,14,15,16). The molecule has 1 saturated heterocycles. The molecule has 4 nitrogen and oxygen atoms in total. The summed E-state index contributed by atoms with van der Waals surface area (Å²) in [6.07, 6.45) is 8.47. The van der Waals surface area contributed by atoms with Gasteiger partial charge in [-0.15, -0.1) is 0 Å². The van der Waals surface area contributed by atoms with Gasteiger partial charge in [0.1, 0.15) is 5.82 Å². The van der Waals surface area contributed by atoms with Gasteiger partial charge < -0.3 is 10.6 Å². The molecule has 0 unspecified atom stereocenters. The first kappa shape index (κ1) is 10.8. The second kappa shape index (κ2) is 4.51. The maximum absolute atomic E-state index is 6.04. The highest BCUT2D eigenvalue weighted by Gasteiger charge is 2.20. The van der Waals surface area contributed by atoms with E-state index in [0.29, 0.717) is 5.82 Å². The van der Waals surface area contributed by atoms with E-state index in [0.717, 1.165) is 31.9 Å². The largest absolute Gasteiger partial charge is 0.383 e. The lowest BCUT2D eigenvalue weighted by Crippen LogP contribution is -2.26. The number of fused-ring (bicyclic) bond motifs is 1. The van der Waals surface area contributed by atoms with E-state index < -0.39 is 0 Å². The minimum Gasteiger partial charge on any atom is -0.383 e. The number of rotatable bonds is 1. The first-order valence-corrected chi connectivity index (χ1v) is 6.75. The van der Waals surface area contributed by atoms with Gasteiger partial charge in [-0.05, 0) is 32.1 Å². The van der Waals surface area contributed by atoms with E-state index in [1.807, 2.05) is 0 Å². The lowest BCUT2D eigenvalue weighted by molar-refractivity contribution is 0.726. The van der Waals surface area contributed by atoms with E-state index in [2.05, 4.69) is 9.88 Å². The number of nitrogen functional groups attached to an aromatic ring is 1. The van der Waals surface area contributed by atoms with E-state index in [1.165, 1.54) is 43.4 Å². The van der Waals surface area contributed by atoms with Crippen molar-refractivity contribution < 1.29 is 0 Å². The van der Waals surface area contributed by atoms with Crippen LogP contribution >= 0.6 is 0 Å². The molecule has 2 N–H and O–H groups in total. The number of aryl methyl sites for hydroxylation is 1. The minimum atomic E-state index is 0.715. The van der Waals surface area contributed by atoms with Crippen LogP contribution in [0.25, 0.3) is 0 Å². The van der Waals surface area contributed by atoms with Crippen LogP contribution in [0.1, 0.15) is 43.4 Å². The normalized spacial score (nSPS) is 20.1. The molecule has 1 aliphatic heterocycles. The monoisotopic (exact) mass is 232 g/mol. The fourth-order valence-electron chi connectivity index (χ4n) is 2.86. The Morgan fingerprint density at radius 3 is 2.41 bits per heavy atom. The average molecular weight is 232 g/mol. The second-order valence-corrected chi connectivity index (χ2v) is 5.09. The van der Waals surface area contributed by atoms with E-state index in [4.69, 9.17) is 10.7 Å². The zero-order valence-electron chi connectivity index (χ0n) is 10.3. The van der Waals surface area contributed by atoms with Crippen molar-refractivity contribution >= 4 is 11.8 Å². The molecule has 92 valence electrons. The van der Waals surface area contributed by atoms with Crippen molar-refractivity contribution in [2.45, 2.75) is 44.9 Å². The maximum atomic E-state index is 6.04. The molecular weight excluding hydrogens is 212 g/mol. The van der Waals surface area contributed by atoms with Crippen molar-refractivity contribution in [3.8, 4) is 0 Å². The molecule has 1 aromatic heterocycles. The number of anilines is 2. The van der Waals surface area contributed by atoms with E-state index in [-0.39, 0.29) is 0 Å². The topological polar surface area (TPSA) is 55.0 Å². The molecule has 0 saturated carbocycles. The molecule has 2 heterocycles. The molecule has 1 aliphatic carbocycles. The maximum Gasteiger partial charge on any atom is 0.227 e. The summed E-state index contributed by atoms with van der Waals surface area (Å²) in [6, 6.07) is 0. The number of aromatic nitrogens is 2. The Balaban J connectivity index is 1.89. The van der Waals surface area contributed by atoms with Crippen molar-refractivity contribution in [2.24, 2.45) is 0 Å². The van der Waals surface area contributed by atoms with Crippen LogP contribution in [0.5, 0.6) is 0 Å². The molecule has 1 fully saturated rings. The van der Waals surface area contributed by atoms with Gasteiger partial charge in [-0.2, -0.15) is 4.98 Å². The van der Waals surface area contributed by atoms with Gasteiger partial charge in [-0.3, -0.25) is 0 Å². The number of hydrogen-bond acceptors (Lipinski definition) is 4. The third-order valence-corrected chi connectivity index (χ3v) is 3.84. The van der Waals surface area contributed by atoms with Crippen molar-refractivity contribution in [1.29, 1.82) is 0 Å². The van der Waals surface area contributed by atoms with Crippen LogP contribution < -0.4 is 10.6 Å². The number of hydrogen-bond donors (Lipinski definition) is 1. The molecular formula is C13H20N4. The lowest BCUT2D eigenvalue weighted by Gasteiger charge is -2.21. The van der Waals surface area contributed by atoms with Crippen molar-refractivity contribution in [3.63, 3.8) is 0 Å². The van der Waals surface area contributed by atoms with Gasteiger partial charge in [0.15, 0.2) is 0 Å². The zero-order chi connectivity index (χ0) is 11.7. The van der Waals surface area contributed by atoms with Gasteiger partial charge in [0.2, 0.25) is 5.95 Å². The third-order valence-electron chi connectivity index (χ3n) is 3.84. The molecule has 1 aromatic rings. The van der Waals surface area contributed by atoms with Crippen LogP contribution in [0.3, 0.4) is 0 Å². The molecule has 17 heavy (non-hydrogen) atoms. The minimum absolute atomic E-state index is 0.715. The Morgan fingerprint density at radius 1 is 0.882 bits per heavy atom. The third kappa shape index (κ3) is 2.08. The van der Waals surface area contributed by atoms with Gasteiger partial charge in [0.05, 0.1) is 5.69 Å². The summed E-state index contributed by atoms with van der Waals surface area (Å²) in [5.74, 6) is 1.58. The summed E-state index contributed by atoms with van der Waals surface area (Å²) >= 11 is 0. The summed E-state index contributed by atoms with van der Waals surface area (Å²) in [5, 5.41) is 0. The molecule has 0 aromatic carbocycles. The molecule has 0 atom stereocenters. The number of nitrogens with two attached hydrogens (primary N) is 1. The lowest BCUT2D eigenvalue weighted by atomic mass is 10.2. The van der Waals surface area contributed by atoms with Crippen LogP contribution in [0.2, 0.25) is 0 Å². The van der Waals surface area contributed by atoms with E-state index in [1.54, 1.807) is 0 Å². The van der Waals surface area contributed by atoms with Crippen molar-refractivity contribution in [2.75, 3.05) is 23.7 Å². The second-order valence-electron chi connectivity index (χ2n) is 5.09. The van der Waals surface area contributed by atoms with Crippen LogP contribution in [0, 0.1) is 0 Å². The average Bonchev–Trinajstić information content (AvgIpc) is 2.63. The summed E-state index contributed by atoms with van der Waals surface area (Å²) in [5.41, 5.74) is 8.43. The fourth-order valence-corrected chi connectivity index (χ4v) is 2.86. The first-order chi connectivity index (χ1) is 8.34. The van der Waals surface area contributed by atoms with Crippen LogP contribution in [0.4, 0.5) is 11.8 Å². The zero-order valence-corrected chi connectivity index (χ0v) is 10.3. The van der Waals surface area contributed by atoms with Gasteiger partial charge in [0.25, 0.3) is 0 Å². The highest BCUT2D eigenvalue weighted by molar-refractivity contribution is 5.50. The Hall–Kier alpha value is -1.32. The highest BCUT2D eigenvalue weighted by Crippen LogP contribution is 2.27. The Bertz CT molecular complexity index is 408. The van der Waals surface area contributed by atoms with E-state index >= 15 is 0 Å². The van der Waals surface area contributed by atoms with Gasteiger partial charge in [-0.25, -0.2) is 4.98 Å². The summed E-state index contributed by atoms with van der Waals surface area (Å²) in [6.45, 7) is 2.16. The molecule has 4 heteroatoms. The van der Waals surface area contributed by atoms with Crippen molar-refractivity contribution in [3.05, 3.63) is 11.3 Å².